The molecule has 0 saturated carbocycles. The summed E-state index contributed by atoms with van der Waals surface area (Å²) in [6.45, 7) is 0.524. The van der Waals surface area contributed by atoms with E-state index in [9.17, 15) is 9.59 Å². The molecular weight excluding hydrogens is 488 g/mol. The molecule has 0 radical (unpaired) electrons. The number of nitrogens with zero attached hydrogens (tertiary/aromatic N) is 1. The van der Waals surface area contributed by atoms with Gasteiger partial charge in [-0.05, 0) is 47.5 Å². The third kappa shape index (κ3) is 8.19. The van der Waals surface area contributed by atoms with Gasteiger partial charge in [-0.1, -0.05) is 41.6 Å². The van der Waals surface area contributed by atoms with Gasteiger partial charge < -0.3 is 34.4 Å². The van der Waals surface area contributed by atoms with Crippen molar-refractivity contribution >= 4 is 23.7 Å². The van der Waals surface area contributed by atoms with Crippen LogP contribution in [0.4, 0.5) is 0 Å². The first-order valence-electron chi connectivity index (χ1n) is 11.8. The van der Waals surface area contributed by atoms with Crippen molar-refractivity contribution in [2.24, 2.45) is 5.16 Å². The standard InChI is InChI=1S/C29H30N2O7/c1-35-25-5-3-4-22(16-25)28(31-36-2)19-38-23-10-6-20(7-11-23)18-37-24-12-8-21(9-13-24)26(17-29(33)34)27(30)14-15-32/h3-13,15-16,26,30H,14,17-19H2,1-2H3,(H,33,34). The molecular formula is C29H30N2O7. The summed E-state index contributed by atoms with van der Waals surface area (Å²) in [5.74, 6) is 0.289. The van der Waals surface area contributed by atoms with Gasteiger partial charge in [-0.2, -0.15) is 0 Å². The molecule has 0 bridgehead atoms. The monoisotopic (exact) mass is 518 g/mol. The number of nitrogens with one attached hydrogen (secondary N) is 1. The Morgan fingerprint density at radius 1 is 0.974 bits per heavy atom. The highest BCUT2D eigenvalue weighted by molar-refractivity contribution is 6.01. The van der Waals surface area contributed by atoms with E-state index in [2.05, 4.69) is 5.16 Å². The lowest BCUT2D eigenvalue weighted by molar-refractivity contribution is -0.137. The zero-order valence-corrected chi connectivity index (χ0v) is 21.3. The van der Waals surface area contributed by atoms with Gasteiger partial charge in [-0.3, -0.25) is 4.79 Å². The number of carboxylic acid groups (broad SMARTS) is 1. The third-order valence-corrected chi connectivity index (χ3v) is 5.69. The van der Waals surface area contributed by atoms with Crippen molar-refractivity contribution in [3.05, 3.63) is 89.5 Å². The number of benzene rings is 3. The molecule has 1 unspecified atom stereocenters. The van der Waals surface area contributed by atoms with Crippen LogP contribution in [0.5, 0.6) is 17.2 Å². The van der Waals surface area contributed by atoms with Crippen LogP contribution in [-0.4, -0.2) is 49.6 Å². The Labute approximate surface area is 221 Å². The van der Waals surface area contributed by atoms with Gasteiger partial charge in [0.25, 0.3) is 0 Å². The molecule has 0 aliphatic rings. The fourth-order valence-corrected chi connectivity index (χ4v) is 3.72. The fourth-order valence-electron chi connectivity index (χ4n) is 3.72. The molecule has 0 spiro atoms. The molecule has 0 amide bonds. The van der Waals surface area contributed by atoms with Gasteiger partial charge in [-0.15, -0.1) is 0 Å². The number of hydrogen-bond acceptors (Lipinski definition) is 8. The second kappa shape index (κ2) is 14.2. The van der Waals surface area contributed by atoms with Crippen molar-refractivity contribution in [1.82, 2.24) is 0 Å². The van der Waals surface area contributed by atoms with E-state index in [1.165, 1.54) is 7.11 Å². The Hall–Kier alpha value is -4.66. The molecule has 9 nitrogen and oxygen atoms in total. The molecule has 0 saturated heterocycles. The smallest absolute Gasteiger partial charge is 0.304 e. The zero-order valence-electron chi connectivity index (χ0n) is 21.3. The van der Waals surface area contributed by atoms with E-state index >= 15 is 0 Å². The summed E-state index contributed by atoms with van der Waals surface area (Å²) in [7, 11) is 3.08. The van der Waals surface area contributed by atoms with Crippen LogP contribution in [0.3, 0.4) is 0 Å². The first-order chi connectivity index (χ1) is 18.4. The van der Waals surface area contributed by atoms with Crippen LogP contribution >= 0.6 is 0 Å². The maximum absolute atomic E-state index is 11.2. The number of rotatable bonds is 15. The average Bonchev–Trinajstić information content (AvgIpc) is 2.94. The summed E-state index contributed by atoms with van der Waals surface area (Å²) in [5.41, 5.74) is 3.10. The van der Waals surface area contributed by atoms with Crippen molar-refractivity contribution in [2.45, 2.75) is 25.4 Å². The topological polar surface area (TPSA) is 127 Å². The molecule has 0 aromatic heterocycles. The molecule has 0 aliphatic heterocycles. The first kappa shape index (κ1) is 27.9. The zero-order chi connectivity index (χ0) is 27.3. The number of carbonyl (C=O) groups excluding carboxylic acids is 1. The maximum atomic E-state index is 11.2. The number of methoxy groups -OCH3 is 1. The van der Waals surface area contributed by atoms with Crippen molar-refractivity contribution < 1.29 is 33.7 Å². The maximum Gasteiger partial charge on any atom is 0.304 e. The van der Waals surface area contributed by atoms with Crippen molar-refractivity contribution in [3.63, 3.8) is 0 Å². The second-order valence-corrected chi connectivity index (χ2v) is 8.29. The number of carboxylic acids is 1. The summed E-state index contributed by atoms with van der Waals surface area (Å²) in [4.78, 5) is 26.9. The van der Waals surface area contributed by atoms with Crippen LogP contribution in [0.1, 0.15) is 35.4 Å². The van der Waals surface area contributed by atoms with Gasteiger partial charge in [-0.25, -0.2) is 0 Å². The molecule has 38 heavy (non-hydrogen) atoms. The highest BCUT2D eigenvalue weighted by atomic mass is 16.6. The predicted molar refractivity (Wildman–Crippen MR) is 143 cm³/mol. The van der Waals surface area contributed by atoms with Crippen LogP contribution < -0.4 is 14.2 Å². The Balaban J connectivity index is 1.57. The molecule has 1 atom stereocenters. The van der Waals surface area contributed by atoms with E-state index in [0.717, 1.165) is 11.1 Å². The Morgan fingerprint density at radius 3 is 2.29 bits per heavy atom. The molecule has 0 fully saturated rings. The molecule has 2 N–H and O–H groups in total. The van der Waals surface area contributed by atoms with E-state index in [0.29, 0.717) is 41.4 Å². The Bertz CT molecular complexity index is 1250. The molecule has 0 aliphatic carbocycles. The van der Waals surface area contributed by atoms with Crippen LogP contribution in [0.2, 0.25) is 0 Å². The lowest BCUT2D eigenvalue weighted by atomic mass is 9.89. The average molecular weight is 519 g/mol. The molecule has 3 aromatic rings. The fraction of sp³-hybridized carbons (Fsp3) is 0.241. The van der Waals surface area contributed by atoms with Gasteiger partial charge >= 0.3 is 5.97 Å². The molecule has 3 rings (SSSR count). The van der Waals surface area contributed by atoms with Gasteiger partial charge in [0.05, 0.1) is 13.5 Å². The number of carbonyl (C=O) groups is 2. The summed E-state index contributed by atoms with van der Waals surface area (Å²) in [5, 5.41) is 21.3. The van der Waals surface area contributed by atoms with E-state index < -0.39 is 11.9 Å². The van der Waals surface area contributed by atoms with Gasteiger partial charge in [0.2, 0.25) is 0 Å². The normalized spacial score (nSPS) is 11.8. The first-order valence-corrected chi connectivity index (χ1v) is 11.8. The van der Waals surface area contributed by atoms with Crippen LogP contribution in [0, 0.1) is 5.41 Å². The van der Waals surface area contributed by atoms with Gasteiger partial charge in [0.1, 0.15) is 49.6 Å². The molecule has 3 aromatic carbocycles. The summed E-state index contributed by atoms with van der Waals surface area (Å²) < 4.78 is 17.0. The van der Waals surface area contributed by atoms with Crippen LogP contribution in [0.25, 0.3) is 0 Å². The van der Waals surface area contributed by atoms with E-state index in [1.807, 2.05) is 48.5 Å². The lowest BCUT2D eigenvalue weighted by Crippen LogP contribution is -2.16. The summed E-state index contributed by atoms with van der Waals surface area (Å²) in [6.07, 6.45) is 0.259. The minimum absolute atomic E-state index is 0.0717. The van der Waals surface area contributed by atoms with Crippen molar-refractivity contribution in [2.75, 3.05) is 20.8 Å². The predicted octanol–water partition coefficient (Wildman–Crippen LogP) is 4.87. The SMILES string of the molecule is CON=C(COc1ccc(COc2ccc(C(CC(=O)O)C(=N)CC=O)cc2)cc1)c1cccc(OC)c1. The van der Waals surface area contributed by atoms with Gasteiger partial charge in [0.15, 0.2) is 0 Å². The van der Waals surface area contributed by atoms with Gasteiger partial charge in [0, 0.05) is 23.6 Å². The Morgan fingerprint density at radius 2 is 1.66 bits per heavy atom. The molecule has 9 heteroatoms. The quantitative estimate of drug-likeness (QED) is 0.167. The number of aliphatic carboxylic acids is 1. The van der Waals surface area contributed by atoms with E-state index in [1.54, 1.807) is 31.4 Å². The van der Waals surface area contributed by atoms with E-state index in [-0.39, 0.29) is 25.2 Å². The summed E-state index contributed by atoms with van der Waals surface area (Å²) in [6, 6.07) is 21.8. The number of ether oxygens (including phenoxy) is 3. The number of aldehydes is 1. The molecule has 198 valence electrons. The minimum atomic E-state index is -1.03. The highest BCUT2D eigenvalue weighted by Crippen LogP contribution is 2.25. The highest BCUT2D eigenvalue weighted by Gasteiger charge is 2.20. The summed E-state index contributed by atoms with van der Waals surface area (Å²) >= 11 is 0. The Kier molecular flexibility index (Phi) is 10.4. The number of hydrogen-bond donors (Lipinski definition) is 2. The molecule has 0 heterocycles. The lowest BCUT2D eigenvalue weighted by Gasteiger charge is -2.16. The van der Waals surface area contributed by atoms with Crippen molar-refractivity contribution in [1.29, 1.82) is 5.41 Å². The van der Waals surface area contributed by atoms with Crippen LogP contribution in [0.15, 0.2) is 78.0 Å². The van der Waals surface area contributed by atoms with E-state index in [4.69, 9.17) is 29.6 Å². The second-order valence-electron chi connectivity index (χ2n) is 8.29. The third-order valence-electron chi connectivity index (χ3n) is 5.69. The minimum Gasteiger partial charge on any atom is -0.497 e. The van der Waals surface area contributed by atoms with Crippen molar-refractivity contribution in [3.8, 4) is 17.2 Å². The largest absolute Gasteiger partial charge is 0.497 e. The van der Waals surface area contributed by atoms with Crippen LogP contribution in [-0.2, 0) is 21.0 Å². The number of oxime groups is 1.